The molecule has 0 atom stereocenters. The van der Waals surface area contributed by atoms with E-state index in [1.165, 1.54) is 0 Å². The van der Waals surface area contributed by atoms with Gasteiger partial charge in [-0.05, 0) is 24.3 Å². The zero-order valence-electron chi connectivity index (χ0n) is 11.2. The van der Waals surface area contributed by atoms with Crippen molar-refractivity contribution in [2.75, 3.05) is 46.5 Å². The maximum absolute atomic E-state index is 12.2. The van der Waals surface area contributed by atoms with Gasteiger partial charge in [0.1, 0.15) is 12.4 Å². The van der Waals surface area contributed by atoms with Crippen LogP contribution in [0.25, 0.3) is 0 Å². The predicted octanol–water partition coefficient (Wildman–Crippen LogP) is 0.757. The molecule has 1 aliphatic rings. The molecule has 0 spiro atoms. The van der Waals surface area contributed by atoms with Crippen LogP contribution in [-0.2, 0) is 4.74 Å². The van der Waals surface area contributed by atoms with E-state index in [1.807, 2.05) is 29.2 Å². The maximum Gasteiger partial charge on any atom is 0.253 e. The van der Waals surface area contributed by atoms with Gasteiger partial charge in [-0.25, -0.2) is 0 Å². The minimum atomic E-state index is 0.0879. The molecule has 1 amide bonds. The van der Waals surface area contributed by atoms with E-state index in [4.69, 9.17) is 9.47 Å². The van der Waals surface area contributed by atoms with Crippen LogP contribution in [0.5, 0.6) is 5.75 Å². The van der Waals surface area contributed by atoms with E-state index in [9.17, 15) is 4.79 Å². The fourth-order valence-corrected chi connectivity index (χ4v) is 1.99. The minimum absolute atomic E-state index is 0.0879. The lowest BCUT2D eigenvalue weighted by atomic mass is 10.2. The first kappa shape index (κ1) is 13.8. The van der Waals surface area contributed by atoms with Crippen molar-refractivity contribution in [3.8, 4) is 5.75 Å². The topological polar surface area (TPSA) is 50.8 Å². The Hall–Kier alpha value is -1.59. The molecule has 0 radical (unpaired) electrons. The van der Waals surface area contributed by atoms with Crippen LogP contribution in [0.3, 0.4) is 0 Å². The summed E-state index contributed by atoms with van der Waals surface area (Å²) in [6, 6.07) is 7.27. The van der Waals surface area contributed by atoms with Crippen molar-refractivity contribution in [3.05, 3.63) is 29.8 Å². The van der Waals surface area contributed by atoms with Gasteiger partial charge in [-0.3, -0.25) is 4.79 Å². The van der Waals surface area contributed by atoms with E-state index in [0.717, 1.165) is 31.9 Å². The molecule has 0 saturated carbocycles. The third-order valence-corrected chi connectivity index (χ3v) is 3.06. The Morgan fingerprint density at radius 2 is 1.89 bits per heavy atom. The van der Waals surface area contributed by atoms with Gasteiger partial charge >= 0.3 is 0 Å². The van der Waals surface area contributed by atoms with Crippen molar-refractivity contribution in [1.29, 1.82) is 0 Å². The van der Waals surface area contributed by atoms with E-state index in [1.54, 1.807) is 7.11 Å². The molecular formula is C14H20N2O3. The summed E-state index contributed by atoms with van der Waals surface area (Å²) in [6.45, 7) is 4.34. The van der Waals surface area contributed by atoms with Gasteiger partial charge < -0.3 is 19.7 Å². The standard InChI is InChI=1S/C14H20N2O3/c1-18-10-11-19-13-4-2-12(3-5-13)14(17)16-8-6-15-7-9-16/h2-5,15H,6-11H2,1H3. The number of benzene rings is 1. The zero-order valence-corrected chi connectivity index (χ0v) is 11.2. The molecule has 0 aromatic heterocycles. The summed E-state index contributed by atoms with van der Waals surface area (Å²) in [7, 11) is 1.64. The number of carbonyl (C=O) groups excluding carboxylic acids is 1. The van der Waals surface area contributed by atoms with Crippen LogP contribution in [0.4, 0.5) is 0 Å². The van der Waals surface area contributed by atoms with E-state index in [0.29, 0.717) is 18.8 Å². The fraction of sp³-hybridized carbons (Fsp3) is 0.500. The number of hydrogen-bond donors (Lipinski definition) is 1. The van der Waals surface area contributed by atoms with E-state index in [-0.39, 0.29) is 5.91 Å². The summed E-state index contributed by atoms with van der Waals surface area (Å²) in [5.41, 5.74) is 0.709. The molecule has 1 heterocycles. The second-order valence-electron chi connectivity index (χ2n) is 4.41. The van der Waals surface area contributed by atoms with Crippen molar-refractivity contribution < 1.29 is 14.3 Å². The van der Waals surface area contributed by atoms with Crippen molar-refractivity contribution in [2.24, 2.45) is 0 Å². The van der Waals surface area contributed by atoms with Crippen LogP contribution in [0.1, 0.15) is 10.4 Å². The number of ether oxygens (including phenoxy) is 2. The zero-order chi connectivity index (χ0) is 13.5. The van der Waals surface area contributed by atoms with E-state index in [2.05, 4.69) is 5.32 Å². The van der Waals surface area contributed by atoms with Gasteiger partial charge in [0.2, 0.25) is 0 Å². The number of amides is 1. The fourth-order valence-electron chi connectivity index (χ4n) is 1.99. The van der Waals surface area contributed by atoms with Crippen molar-refractivity contribution in [2.45, 2.75) is 0 Å². The van der Waals surface area contributed by atoms with Crippen LogP contribution < -0.4 is 10.1 Å². The maximum atomic E-state index is 12.2. The Morgan fingerprint density at radius 3 is 2.53 bits per heavy atom. The van der Waals surface area contributed by atoms with Gasteiger partial charge in [0, 0.05) is 38.9 Å². The number of carbonyl (C=O) groups is 1. The molecule has 0 aliphatic carbocycles. The van der Waals surface area contributed by atoms with E-state index < -0.39 is 0 Å². The summed E-state index contributed by atoms with van der Waals surface area (Å²) in [4.78, 5) is 14.1. The number of nitrogens with one attached hydrogen (secondary N) is 1. The predicted molar refractivity (Wildman–Crippen MR) is 72.6 cm³/mol. The monoisotopic (exact) mass is 264 g/mol. The average Bonchev–Trinajstić information content (AvgIpc) is 2.48. The molecular weight excluding hydrogens is 244 g/mol. The molecule has 0 bridgehead atoms. The highest BCUT2D eigenvalue weighted by Gasteiger charge is 2.17. The van der Waals surface area contributed by atoms with Gasteiger partial charge in [0.25, 0.3) is 5.91 Å². The van der Waals surface area contributed by atoms with Gasteiger partial charge in [-0.1, -0.05) is 0 Å². The van der Waals surface area contributed by atoms with Crippen LogP contribution in [0.15, 0.2) is 24.3 Å². The number of rotatable bonds is 5. The highest BCUT2D eigenvalue weighted by Crippen LogP contribution is 2.14. The highest BCUT2D eigenvalue weighted by atomic mass is 16.5. The molecule has 1 saturated heterocycles. The molecule has 104 valence electrons. The first-order valence-corrected chi connectivity index (χ1v) is 6.53. The Morgan fingerprint density at radius 1 is 1.21 bits per heavy atom. The van der Waals surface area contributed by atoms with Crippen molar-refractivity contribution in [3.63, 3.8) is 0 Å². The molecule has 1 aromatic carbocycles. The third-order valence-electron chi connectivity index (χ3n) is 3.06. The molecule has 0 unspecified atom stereocenters. The first-order chi connectivity index (χ1) is 9.31. The Balaban J connectivity index is 1.91. The molecule has 1 aromatic rings. The molecule has 1 aliphatic heterocycles. The second kappa shape index (κ2) is 7.11. The Bertz CT molecular complexity index is 400. The minimum Gasteiger partial charge on any atom is -0.491 e. The summed E-state index contributed by atoms with van der Waals surface area (Å²) in [5, 5.41) is 3.23. The molecule has 5 heteroatoms. The lowest BCUT2D eigenvalue weighted by Crippen LogP contribution is -2.46. The van der Waals surface area contributed by atoms with Crippen LogP contribution in [0, 0.1) is 0 Å². The summed E-state index contributed by atoms with van der Waals surface area (Å²) >= 11 is 0. The number of methoxy groups -OCH3 is 1. The lowest BCUT2D eigenvalue weighted by molar-refractivity contribution is 0.0735. The molecule has 19 heavy (non-hydrogen) atoms. The van der Waals surface area contributed by atoms with Gasteiger partial charge in [-0.15, -0.1) is 0 Å². The molecule has 1 fully saturated rings. The SMILES string of the molecule is COCCOc1ccc(C(=O)N2CCNCC2)cc1. The third kappa shape index (κ3) is 3.94. The number of piperazine rings is 1. The second-order valence-corrected chi connectivity index (χ2v) is 4.41. The Kier molecular flexibility index (Phi) is 5.18. The van der Waals surface area contributed by atoms with Crippen molar-refractivity contribution in [1.82, 2.24) is 10.2 Å². The van der Waals surface area contributed by atoms with Crippen molar-refractivity contribution >= 4 is 5.91 Å². The smallest absolute Gasteiger partial charge is 0.253 e. The first-order valence-electron chi connectivity index (χ1n) is 6.53. The van der Waals surface area contributed by atoms with Gasteiger partial charge in [0.15, 0.2) is 0 Å². The Labute approximate surface area is 113 Å². The number of hydrogen-bond acceptors (Lipinski definition) is 4. The van der Waals surface area contributed by atoms with E-state index >= 15 is 0 Å². The summed E-state index contributed by atoms with van der Waals surface area (Å²) in [6.07, 6.45) is 0. The normalized spacial score (nSPS) is 15.3. The molecule has 5 nitrogen and oxygen atoms in total. The largest absolute Gasteiger partial charge is 0.491 e. The average molecular weight is 264 g/mol. The summed E-state index contributed by atoms with van der Waals surface area (Å²) in [5.74, 6) is 0.846. The van der Waals surface area contributed by atoms with Crippen LogP contribution in [0.2, 0.25) is 0 Å². The molecule has 2 rings (SSSR count). The van der Waals surface area contributed by atoms with Crippen LogP contribution >= 0.6 is 0 Å². The lowest BCUT2D eigenvalue weighted by Gasteiger charge is -2.27. The molecule has 1 N–H and O–H groups in total. The van der Waals surface area contributed by atoms with Crippen LogP contribution in [-0.4, -0.2) is 57.3 Å². The number of nitrogens with zero attached hydrogens (tertiary/aromatic N) is 1. The van der Waals surface area contributed by atoms with Gasteiger partial charge in [0.05, 0.1) is 6.61 Å². The quantitative estimate of drug-likeness (QED) is 0.798. The van der Waals surface area contributed by atoms with Gasteiger partial charge in [-0.2, -0.15) is 0 Å². The summed E-state index contributed by atoms with van der Waals surface area (Å²) < 4.78 is 10.4. The highest BCUT2D eigenvalue weighted by molar-refractivity contribution is 5.94.